The molecule has 5 nitrogen and oxygen atoms in total. The van der Waals surface area contributed by atoms with E-state index in [1.54, 1.807) is 0 Å². The molecule has 0 aromatic rings. The third-order valence-corrected chi connectivity index (χ3v) is 2.53. The zero-order chi connectivity index (χ0) is 12.2. The summed E-state index contributed by atoms with van der Waals surface area (Å²) in [4.78, 5) is 13.1. The molecule has 1 amide bonds. The maximum atomic E-state index is 10.8. The maximum absolute atomic E-state index is 10.8. The highest BCUT2D eigenvalue weighted by molar-refractivity contribution is 5.74. The van der Waals surface area contributed by atoms with Crippen LogP contribution in [-0.4, -0.2) is 30.4 Å². The van der Waals surface area contributed by atoms with Crippen LogP contribution in [0.3, 0.4) is 0 Å². The van der Waals surface area contributed by atoms with Crippen LogP contribution in [0.4, 0.5) is 0 Å². The largest absolute Gasteiger partial charge is 0.303 e. The van der Waals surface area contributed by atoms with Gasteiger partial charge in [-0.05, 0) is 25.9 Å². The number of carbonyl (C=O) groups is 1. The van der Waals surface area contributed by atoms with Crippen LogP contribution < -0.4 is 11.3 Å². The first kappa shape index (κ1) is 14.9. The quantitative estimate of drug-likeness (QED) is 0.263. The molecule has 0 rings (SSSR count). The standard InChI is InChI=1S/C11H22N4O/c1-2-15(10-6-8-12)9-5-3-4-7-11(16)14-13/h2-7,9-10,13H2,1H3,(H,14,16). The Bertz CT molecular complexity index is 225. The summed E-state index contributed by atoms with van der Waals surface area (Å²) in [7, 11) is 0. The summed E-state index contributed by atoms with van der Waals surface area (Å²) in [5, 5.41) is 8.48. The van der Waals surface area contributed by atoms with Crippen molar-refractivity contribution in [1.82, 2.24) is 10.3 Å². The van der Waals surface area contributed by atoms with Crippen molar-refractivity contribution in [2.24, 2.45) is 5.84 Å². The zero-order valence-electron chi connectivity index (χ0n) is 10.0. The van der Waals surface area contributed by atoms with Gasteiger partial charge in [0, 0.05) is 19.4 Å². The van der Waals surface area contributed by atoms with E-state index in [0.29, 0.717) is 12.8 Å². The highest BCUT2D eigenvalue weighted by atomic mass is 16.2. The molecule has 0 heterocycles. The molecule has 0 aliphatic rings. The van der Waals surface area contributed by atoms with Gasteiger partial charge in [-0.25, -0.2) is 5.84 Å². The first-order valence-corrected chi connectivity index (χ1v) is 5.83. The number of nitrogens with two attached hydrogens (primary N) is 1. The minimum Gasteiger partial charge on any atom is -0.303 e. The van der Waals surface area contributed by atoms with Gasteiger partial charge in [-0.1, -0.05) is 13.3 Å². The van der Waals surface area contributed by atoms with Gasteiger partial charge >= 0.3 is 0 Å². The lowest BCUT2D eigenvalue weighted by Crippen LogP contribution is -2.29. The van der Waals surface area contributed by atoms with Crippen molar-refractivity contribution in [3.63, 3.8) is 0 Å². The molecule has 0 saturated carbocycles. The van der Waals surface area contributed by atoms with E-state index in [1.807, 2.05) is 0 Å². The van der Waals surface area contributed by atoms with Crippen molar-refractivity contribution in [3.8, 4) is 6.07 Å². The fourth-order valence-corrected chi connectivity index (χ4v) is 1.51. The Morgan fingerprint density at radius 3 is 2.69 bits per heavy atom. The van der Waals surface area contributed by atoms with Crippen LogP contribution in [0.25, 0.3) is 0 Å². The zero-order valence-corrected chi connectivity index (χ0v) is 10.0. The first-order valence-electron chi connectivity index (χ1n) is 5.83. The summed E-state index contributed by atoms with van der Waals surface area (Å²) >= 11 is 0. The third-order valence-electron chi connectivity index (χ3n) is 2.53. The van der Waals surface area contributed by atoms with E-state index in [1.165, 1.54) is 0 Å². The summed E-state index contributed by atoms with van der Waals surface area (Å²) in [6.07, 6.45) is 4.05. The molecule has 0 atom stereocenters. The summed E-state index contributed by atoms with van der Waals surface area (Å²) < 4.78 is 0. The molecule has 0 aromatic carbocycles. The number of amides is 1. The summed E-state index contributed by atoms with van der Waals surface area (Å²) in [6.45, 7) is 4.92. The number of nitriles is 1. The number of unbranched alkanes of at least 4 members (excludes halogenated alkanes) is 2. The van der Waals surface area contributed by atoms with Crippen molar-refractivity contribution in [3.05, 3.63) is 0 Å². The molecule has 0 radical (unpaired) electrons. The Morgan fingerprint density at radius 2 is 2.12 bits per heavy atom. The fraction of sp³-hybridized carbons (Fsp3) is 0.818. The lowest BCUT2D eigenvalue weighted by atomic mass is 10.2. The maximum Gasteiger partial charge on any atom is 0.233 e. The monoisotopic (exact) mass is 226 g/mol. The van der Waals surface area contributed by atoms with E-state index >= 15 is 0 Å². The number of hydrogen-bond donors (Lipinski definition) is 2. The van der Waals surface area contributed by atoms with Crippen LogP contribution >= 0.6 is 0 Å². The normalized spacial score (nSPS) is 10.1. The lowest BCUT2D eigenvalue weighted by Gasteiger charge is -2.18. The second-order valence-electron chi connectivity index (χ2n) is 3.72. The Kier molecular flexibility index (Phi) is 9.67. The molecule has 92 valence electrons. The van der Waals surface area contributed by atoms with Crippen LogP contribution in [-0.2, 0) is 4.79 Å². The van der Waals surface area contributed by atoms with E-state index in [4.69, 9.17) is 11.1 Å². The van der Waals surface area contributed by atoms with Crippen molar-refractivity contribution in [2.75, 3.05) is 19.6 Å². The van der Waals surface area contributed by atoms with E-state index in [-0.39, 0.29) is 5.91 Å². The van der Waals surface area contributed by atoms with Crippen LogP contribution in [0.5, 0.6) is 0 Å². The topological polar surface area (TPSA) is 82.2 Å². The molecule has 0 aliphatic heterocycles. The van der Waals surface area contributed by atoms with Gasteiger partial charge in [-0.3, -0.25) is 10.2 Å². The molecule has 16 heavy (non-hydrogen) atoms. The second kappa shape index (κ2) is 10.4. The lowest BCUT2D eigenvalue weighted by molar-refractivity contribution is -0.121. The predicted molar refractivity (Wildman–Crippen MR) is 63.1 cm³/mol. The molecular formula is C11H22N4O. The summed E-state index contributed by atoms with van der Waals surface area (Å²) in [5.74, 6) is 4.87. The Hall–Kier alpha value is -1.12. The Morgan fingerprint density at radius 1 is 1.38 bits per heavy atom. The Balaban J connectivity index is 3.41. The first-order chi connectivity index (χ1) is 7.74. The summed E-state index contributed by atoms with van der Waals surface area (Å²) in [6, 6.07) is 2.15. The molecule has 0 aromatic heterocycles. The molecule has 0 saturated heterocycles. The van der Waals surface area contributed by atoms with Crippen LogP contribution in [0.2, 0.25) is 0 Å². The number of nitrogens with zero attached hydrogens (tertiary/aromatic N) is 2. The fourth-order valence-electron chi connectivity index (χ4n) is 1.51. The molecule has 0 unspecified atom stereocenters. The molecular weight excluding hydrogens is 204 g/mol. The summed E-state index contributed by atoms with van der Waals surface area (Å²) in [5.41, 5.74) is 2.12. The minimum atomic E-state index is -0.100. The van der Waals surface area contributed by atoms with Gasteiger partial charge in [0.15, 0.2) is 0 Å². The van der Waals surface area contributed by atoms with Crippen molar-refractivity contribution in [2.45, 2.75) is 39.0 Å². The van der Waals surface area contributed by atoms with E-state index in [0.717, 1.165) is 38.9 Å². The average molecular weight is 226 g/mol. The average Bonchev–Trinajstić information content (AvgIpc) is 2.32. The second-order valence-corrected chi connectivity index (χ2v) is 3.72. The SMILES string of the molecule is CCN(CCC#N)CCCCCC(=O)NN. The van der Waals surface area contributed by atoms with E-state index in [2.05, 4.69) is 23.3 Å². The molecule has 0 bridgehead atoms. The minimum absolute atomic E-state index is 0.100. The number of nitrogens with one attached hydrogen (secondary N) is 1. The van der Waals surface area contributed by atoms with Gasteiger partial charge in [0.25, 0.3) is 0 Å². The van der Waals surface area contributed by atoms with E-state index < -0.39 is 0 Å². The highest BCUT2D eigenvalue weighted by Gasteiger charge is 2.02. The molecule has 0 fully saturated rings. The number of carbonyl (C=O) groups excluding carboxylic acids is 1. The van der Waals surface area contributed by atoms with Crippen LogP contribution in [0.1, 0.15) is 39.0 Å². The third kappa shape index (κ3) is 8.21. The van der Waals surface area contributed by atoms with E-state index in [9.17, 15) is 4.79 Å². The predicted octanol–water partition coefficient (Wildman–Crippen LogP) is 0.772. The highest BCUT2D eigenvalue weighted by Crippen LogP contribution is 2.02. The van der Waals surface area contributed by atoms with Crippen LogP contribution in [0, 0.1) is 11.3 Å². The van der Waals surface area contributed by atoms with Gasteiger partial charge in [0.2, 0.25) is 5.91 Å². The molecule has 0 spiro atoms. The number of hydrazine groups is 1. The van der Waals surface area contributed by atoms with Gasteiger partial charge in [-0.15, -0.1) is 0 Å². The van der Waals surface area contributed by atoms with Crippen LogP contribution in [0.15, 0.2) is 0 Å². The Labute approximate surface area is 97.6 Å². The number of hydrogen-bond acceptors (Lipinski definition) is 4. The van der Waals surface area contributed by atoms with Gasteiger partial charge < -0.3 is 4.90 Å². The number of rotatable bonds is 9. The van der Waals surface area contributed by atoms with Crippen molar-refractivity contribution < 1.29 is 4.79 Å². The van der Waals surface area contributed by atoms with Gasteiger partial charge in [0.1, 0.15) is 0 Å². The molecule has 0 aliphatic carbocycles. The smallest absolute Gasteiger partial charge is 0.233 e. The molecule has 3 N–H and O–H groups in total. The van der Waals surface area contributed by atoms with Gasteiger partial charge in [0.05, 0.1) is 6.07 Å². The van der Waals surface area contributed by atoms with Crippen molar-refractivity contribution >= 4 is 5.91 Å². The molecule has 5 heteroatoms. The van der Waals surface area contributed by atoms with Gasteiger partial charge in [-0.2, -0.15) is 5.26 Å². The van der Waals surface area contributed by atoms with Crippen molar-refractivity contribution in [1.29, 1.82) is 5.26 Å².